The molecular formula is C17H27BrN2O. The summed E-state index contributed by atoms with van der Waals surface area (Å²) in [7, 11) is 1.73. The molecule has 0 aromatic heterocycles. The average Bonchev–Trinajstić information content (AvgIpc) is 2.85. The van der Waals surface area contributed by atoms with Crippen LogP contribution in [0, 0.1) is 0 Å². The van der Waals surface area contributed by atoms with Crippen LogP contribution in [-0.2, 0) is 11.3 Å². The van der Waals surface area contributed by atoms with Crippen molar-refractivity contribution in [1.29, 1.82) is 0 Å². The number of halogens is 1. The maximum atomic E-state index is 5.05. The zero-order valence-corrected chi connectivity index (χ0v) is 14.9. The van der Waals surface area contributed by atoms with Gasteiger partial charge in [-0.05, 0) is 59.8 Å². The Hall–Kier alpha value is -0.580. The molecule has 0 aliphatic carbocycles. The van der Waals surface area contributed by atoms with Gasteiger partial charge in [0.05, 0.1) is 12.3 Å². The lowest BCUT2D eigenvalue weighted by Gasteiger charge is -2.31. The summed E-state index contributed by atoms with van der Waals surface area (Å²) in [6, 6.07) is 8.06. The SMILES string of the molecule is CCC1CCC(C)N1c1ccc(CNCCOC)cc1Br. The van der Waals surface area contributed by atoms with Crippen LogP contribution in [-0.4, -0.2) is 32.3 Å². The van der Waals surface area contributed by atoms with Crippen molar-refractivity contribution in [3.05, 3.63) is 28.2 Å². The Morgan fingerprint density at radius 2 is 2.19 bits per heavy atom. The van der Waals surface area contributed by atoms with Crippen LogP contribution in [0.1, 0.15) is 38.7 Å². The summed E-state index contributed by atoms with van der Waals surface area (Å²) in [4.78, 5) is 2.59. The molecule has 1 aromatic carbocycles. The molecule has 1 fully saturated rings. The molecule has 0 radical (unpaired) electrons. The standard InChI is InChI=1S/C17H27BrN2O/c1-4-15-7-5-13(2)20(15)17-8-6-14(11-16(17)18)12-19-9-10-21-3/h6,8,11,13,15,19H,4-5,7,9-10,12H2,1-3H3. The van der Waals surface area contributed by atoms with E-state index in [-0.39, 0.29) is 0 Å². The van der Waals surface area contributed by atoms with E-state index in [0.717, 1.165) is 19.7 Å². The molecule has 1 saturated heterocycles. The zero-order valence-electron chi connectivity index (χ0n) is 13.4. The molecule has 2 unspecified atom stereocenters. The Morgan fingerprint density at radius 1 is 1.38 bits per heavy atom. The first kappa shape index (κ1) is 16.8. The van der Waals surface area contributed by atoms with Crippen LogP contribution < -0.4 is 10.2 Å². The molecule has 3 nitrogen and oxygen atoms in total. The quantitative estimate of drug-likeness (QED) is 0.750. The van der Waals surface area contributed by atoms with Gasteiger partial charge in [0.15, 0.2) is 0 Å². The van der Waals surface area contributed by atoms with Crippen molar-refractivity contribution in [1.82, 2.24) is 5.32 Å². The Morgan fingerprint density at radius 3 is 2.86 bits per heavy atom. The summed E-state index contributed by atoms with van der Waals surface area (Å²) in [5, 5.41) is 3.39. The molecule has 0 amide bonds. The molecule has 1 aliphatic rings. The van der Waals surface area contributed by atoms with Crippen molar-refractivity contribution in [2.45, 2.75) is 51.7 Å². The minimum Gasteiger partial charge on any atom is -0.383 e. The molecule has 1 heterocycles. The molecule has 21 heavy (non-hydrogen) atoms. The van der Waals surface area contributed by atoms with Crippen molar-refractivity contribution in [2.75, 3.05) is 25.2 Å². The number of anilines is 1. The van der Waals surface area contributed by atoms with Crippen LogP contribution in [0.3, 0.4) is 0 Å². The van der Waals surface area contributed by atoms with Gasteiger partial charge < -0.3 is 15.0 Å². The van der Waals surface area contributed by atoms with Gasteiger partial charge in [-0.15, -0.1) is 0 Å². The summed E-state index contributed by atoms with van der Waals surface area (Å²) in [5.74, 6) is 0. The molecule has 2 rings (SSSR count). The summed E-state index contributed by atoms with van der Waals surface area (Å²) in [6.45, 7) is 7.15. The van der Waals surface area contributed by atoms with Gasteiger partial charge >= 0.3 is 0 Å². The van der Waals surface area contributed by atoms with Gasteiger partial charge in [0.25, 0.3) is 0 Å². The topological polar surface area (TPSA) is 24.5 Å². The highest BCUT2D eigenvalue weighted by atomic mass is 79.9. The van der Waals surface area contributed by atoms with Crippen LogP contribution in [0.25, 0.3) is 0 Å². The molecule has 0 bridgehead atoms. The van der Waals surface area contributed by atoms with Gasteiger partial charge in [-0.3, -0.25) is 0 Å². The van der Waals surface area contributed by atoms with Gasteiger partial charge in [-0.1, -0.05) is 13.0 Å². The molecule has 1 N–H and O–H groups in total. The lowest BCUT2D eigenvalue weighted by Crippen LogP contribution is -2.34. The van der Waals surface area contributed by atoms with Crippen molar-refractivity contribution in [2.24, 2.45) is 0 Å². The zero-order chi connectivity index (χ0) is 15.2. The van der Waals surface area contributed by atoms with E-state index in [2.05, 4.69) is 58.2 Å². The fraction of sp³-hybridized carbons (Fsp3) is 0.647. The van der Waals surface area contributed by atoms with Crippen LogP contribution in [0.4, 0.5) is 5.69 Å². The third kappa shape index (κ3) is 4.21. The Bertz CT molecular complexity index is 452. The smallest absolute Gasteiger partial charge is 0.0587 e. The highest BCUT2D eigenvalue weighted by Crippen LogP contribution is 2.36. The highest BCUT2D eigenvalue weighted by Gasteiger charge is 2.30. The van der Waals surface area contributed by atoms with Gasteiger partial charge in [0, 0.05) is 36.8 Å². The van der Waals surface area contributed by atoms with Gasteiger partial charge in [-0.25, -0.2) is 0 Å². The first-order valence-corrected chi connectivity index (χ1v) is 8.73. The number of rotatable bonds is 7. The minimum absolute atomic E-state index is 0.636. The molecular weight excluding hydrogens is 328 g/mol. The number of hydrogen-bond acceptors (Lipinski definition) is 3. The molecule has 0 spiro atoms. The van der Waals surface area contributed by atoms with E-state index >= 15 is 0 Å². The van der Waals surface area contributed by atoms with Crippen molar-refractivity contribution >= 4 is 21.6 Å². The second-order valence-electron chi connectivity index (χ2n) is 5.85. The normalized spacial score (nSPS) is 22.0. The van der Waals surface area contributed by atoms with E-state index in [9.17, 15) is 0 Å². The van der Waals surface area contributed by atoms with E-state index in [4.69, 9.17) is 4.74 Å². The number of benzene rings is 1. The van der Waals surface area contributed by atoms with Gasteiger partial charge in [0.1, 0.15) is 0 Å². The molecule has 118 valence electrons. The molecule has 4 heteroatoms. The monoisotopic (exact) mass is 354 g/mol. The minimum atomic E-state index is 0.636. The van der Waals surface area contributed by atoms with Gasteiger partial charge in [0.2, 0.25) is 0 Å². The molecule has 2 atom stereocenters. The van der Waals surface area contributed by atoms with Crippen LogP contribution in [0.2, 0.25) is 0 Å². The number of nitrogens with one attached hydrogen (secondary N) is 1. The Kier molecular flexibility index (Phi) is 6.52. The highest BCUT2D eigenvalue weighted by molar-refractivity contribution is 9.10. The van der Waals surface area contributed by atoms with E-state index in [1.54, 1.807) is 7.11 Å². The molecule has 1 aliphatic heterocycles. The van der Waals surface area contributed by atoms with Crippen LogP contribution in [0.5, 0.6) is 0 Å². The summed E-state index contributed by atoms with van der Waals surface area (Å²) >= 11 is 3.77. The second-order valence-corrected chi connectivity index (χ2v) is 6.71. The van der Waals surface area contributed by atoms with E-state index in [1.807, 2.05) is 0 Å². The van der Waals surface area contributed by atoms with Crippen molar-refractivity contribution in [3.63, 3.8) is 0 Å². The first-order valence-electron chi connectivity index (χ1n) is 7.93. The van der Waals surface area contributed by atoms with E-state index in [1.165, 1.54) is 35.0 Å². The molecule has 1 aromatic rings. The Balaban J connectivity index is 2.04. The Labute approximate surface area is 137 Å². The lowest BCUT2D eigenvalue weighted by molar-refractivity contribution is 0.199. The number of hydrogen-bond donors (Lipinski definition) is 1. The number of methoxy groups -OCH3 is 1. The summed E-state index contributed by atoms with van der Waals surface area (Å²) in [5.41, 5.74) is 2.65. The van der Waals surface area contributed by atoms with Gasteiger partial charge in [-0.2, -0.15) is 0 Å². The maximum absolute atomic E-state index is 5.05. The van der Waals surface area contributed by atoms with Crippen LogP contribution in [0.15, 0.2) is 22.7 Å². The summed E-state index contributed by atoms with van der Waals surface area (Å²) in [6.07, 6.45) is 3.83. The third-order valence-corrected chi connectivity index (χ3v) is 4.99. The summed E-state index contributed by atoms with van der Waals surface area (Å²) < 4.78 is 6.26. The number of ether oxygens (including phenoxy) is 1. The number of nitrogens with zero attached hydrogens (tertiary/aromatic N) is 1. The predicted octanol–water partition coefficient (Wildman–Crippen LogP) is 3.95. The predicted molar refractivity (Wildman–Crippen MR) is 93.0 cm³/mol. The van der Waals surface area contributed by atoms with Crippen molar-refractivity contribution in [3.8, 4) is 0 Å². The fourth-order valence-corrected chi connectivity index (χ4v) is 3.81. The fourth-order valence-electron chi connectivity index (χ4n) is 3.18. The average molecular weight is 355 g/mol. The first-order chi connectivity index (χ1) is 10.2. The van der Waals surface area contributed by atoms with E-state index < -0.39 is 0 Å². The second kappa shape index (κ2) is 8.16. The van der Waals surface area contributed by atoms with Crippen LogP contribution >= 0.6 is 15.9 Å². The van der Waals surface area contributed by atoms with E-state index in [0.29, 0.717) is 12.1 Å². The third-order valence-electron chi connectivity index (χ3n) is 4.36. The van der Waals surface area contributed by atoms with Crippen molar-refractivity contribution < 1.29 is 4.74 Å². The largest absolute Gasteiger partial charge is 0.383 e. The molecule has 0 saturated carbocycles. The lowest BCUT2D eigenvalue weighted by atomic mass is 10.1. The maximum Gasteiger partial charge on any atom is 0.0587 e.